The highest BCUT2D eigenvalue weighted by Crippen LogP contribution is 2.33. The molecule has 2 fully saturated rings. The molecule has 0 atom stereocenters. The van der Waals surface area contributed by atoms with Gasteiger partial charge in [-0.15, -0.1) is 10.2 Å². The Hall–Kier alpha value is -1.17. The molecule has 1 aromatic rings. The van der Waals surface area contributed by atoms with E-state index in [1.807, 2.05) is 6.92 Å². The second-order valence-electron chi connectivity index (χ2n) is 7.28. The first-order valence-electron chi connectivity index (χ1n) is 9.51. The minimum atomic E-state index is 0.276. The second kappa shape index (κ2) is 8.28. The third kappa shape index (κ3) is 4.26. The highest BCUT2D eigenvalue weighted by molar-refractivity contribution is 7.15. The number of nitrogens with zero attached hydrogens (tertiary/aromatic N) is 4. The van der Waals surface area contributed by atoms with Crippen LogP contribution in [0.3, 0.4) is 0 Å². The highest BCUT2D eigenvalue weighted by atomic mass is 32.1. The summed E-state index contributed by atoms with van der Waals surface area (Å²) in [6, 6.07) is 0. The minimum absolute atomic E-state index is 0.276. The molecule has 0 unspecified atom stereocenters. The number of aryl methyl sites for hydroxylation is 1. The molecule has 0 spiro atoms. The maximum atomic E-state index is 12.8. The monoisotopic (exact) mass is 350 g/mol. The molecule has 2 heterocycles. The molecule has 1 aromatic heterocycles. The Morgan fingerprint density at radius 1 is 1.12 bits per heavy atom. The molecule has 1 aliphatic carbocycles. The molecule has 1 amide bonds. The molecule has 24 heavy (non-hydrogen) atoms. The predicted molar refractivity (Wildman–Crippen MR) is 98.4 cm³/mol. The summed E-state index contributed by atoms with van der Waals surface area (Å²) in [7, 11) is 0. The molecule has 1 saturated heterocycles. The molecule has 3 rings (SSSR count). The Kier molecular flexibility index (Phi) is 6.09. The van der Waals surface area contributed by atoms with Crippen molar-refractivity contribution in [3.8, 4) is 0 Å². The Morgan fingerprint density at radius 2 is 1.83 bits per heavy atom. The third-order valence-corrected chi connectivity index (χ3v) is 6.44. The lowest BCUT2D eigenvalue weighted by Gasteiger charge is -2.37. The zero-order chi connectivity index (χ0) is 16.9. The van der Waals surface area contributed by atoms with Gasteiger partial charge in [-0.3, -0.25) is 4.79 Å². The molecular formula is C18H30N4OS. The third-order valence-electron chi connectivity index (χ3n) is 5.54. The minimum Gasteiger partial charge on any atom is -0.343 e. The van der Waals surface area contributed by atoms with E-state index in [2.05, 4.69) is 26.9 Å². The van der Waals surface area contributed by atoms with Crippen molar-refractivity contribution in [3.63, 3.8) is 0 Å². The first-order chi connectivity index (χ1) is 11.7. The zero-order valence-electron chi connectivity index (χ0n) is 15.0. The predicted octanol–water partition coefficient (Wildman–Crippen LogP) is 3.49. The molecule has 0 radical (unpaired) electrons. The topological polar surface area (TPSA) is 49.3 Å². The molecule has 134 valence electrons. The number of rotatable bonds is 5. The first-order valence-corrected chi connectivity index (χ1v) is 10.3. The van der Waals surface area contributed by atoms with Gasteiger partial charge in [-0.1, -0.05) is 37.5 Å². The van der Waals surface area contributed by atoms with Gasteiger partial charge in [0.15, 0.2) is 0 Å². The summed E-state index contributed by atoms with van der Waals surface area (Å²) in [5.74, 6) is 1.54. The summed E-state index contributed by atoms with van der Waals surface area (Å²) >= 11 is 1.64. The lowest BCUT2D eigenvalue weighted by Crippen LogP contribution is -2.50. The van der Waals surface area contributed by atoms with Crippen molar-refractivity contribution in [2.45, 2.75) is 58.8 Å². The number of carbonyl (C=O) groups excluding carboxylic acids is 1. The molecule has 0 aromatic carbocycles. The van der Waals surface area contributed by atoms with Crippen LogP contribution in [0.4, 0.5) is 5.13 Å². The fraction of sp³-hybridized carbons (Fsp3) is 0.833. The van der Waals surface area contributed by atoms with Crippen LogP contribution in [0, 0.1) is 18.8 Å². The maximum absolute atomic E-state index is 12.8. The van der Waals surface area contributed by atoms with Gasteiger partial charge in [0, 0.05) is 32.1 Å². The SMILES string of the molecule is CCCCC1CCC(C(=O)N2CCN(c3nnc(C)s3)CC2)CC1. The number of piperazine rings is 1. The average Bonchev–Trinajstić information content (AvgIpc) is 3.06. The van der Waals surface area contributed by atoms with Gasteiger partial charge in [0.25, 0.3) is 0 Å². The molecular weight excluding hydrogens is 320 g/mol. The van der Waals surface area contributed by atoms with Gasteiger partial charge in [0.1, 0.15) is 5.01 Å². The van der Waals surface area contributed by atoms with Crippen LogP contribution in [0.2, 0.25) is 0 Å². The van der Waals surface area contributed by atoms with Crippen molar-refractivity contribution in [2.24, 2.45) is 11.8 Å². The van der Waals surface area contributed by atoms with Crippen molar-refractivity contribution < 1.29 is 4.79 Å². The van der Waals surface area contributed by atoms with Gasteiger partial charge in [-0.25, -0.2) is 0 Å². The number of amides is 1. The van der Waals surface area contributed by atoms with Crippen LogP contribution in [0.5, 0.6) is 0 Å². The maximum Gasteiger partial charge on any atom is 0.225 e. The van der Waals surface area contributed by atoms with Crippen LogP contribution in [-0.2, 0) is 4.79 Å². The molecule has 0 N–H and O–H groups in total. The molecule has 5 nitrogen and oxygen atoms in total. The van der Waals surface area contributed by atoms with Gasteiger partial charge in [0.2, 0.25) is 11.0 Å². The van der Waals surface area contributed by atoms with Crippen LogP contribution in [0.1, 0.15) is 56.9 Å². The lowest BCUT2D eigenvalue weighted by molar-refractivity contribution is -0.137. The Morgan fingerprint density at radius 3 is 2.42 bits per heavy atom. The number of anilines is 1. The largest absolute Gasteiger partial charge is 0.343 e. The van der Waals surface area contributed by atoms with Crippen LogP contribution in [0.15, 0.2) is 0 Å². The van der Waals surface area contributed by atoms with E-state index in [4.69, 9.17) is 0 Å². The number of hydrogen-bond acceptors (Lipinski definition) is 5. The van der Waals surface area contributed by atoms with E-state index in [1.165, 1.54) is 32.1 Å². The molecule has 1 saturated carbocycles. The smallest absolute Gasteiger partial charge is 0.225 e. The standard InChI is InChI=1S/C18H30N4OS/c1-3-4-5-15-6-8-16(9-7-15)17(23)21-10-12-22(13-11-21)18-20-19-14(2)24-18/h15-16H,3-13H2,1-2H3. The van der Waals surface area contributed by atoms with E-state index in [0.29, 0.717) is 5.91 Å². The van der Waals surface area contributed by atoms with Crippen molar-refractivity contribution in [3.05, 3.63) is 5.01 Å². The van der Waals surface area contributed by atoms with Crippen LogP contribution >= 0.6 is 11.3 Å². The molecule has 0 bridgehead atoms. The Balaban J connectivity index is 1.44. The quantitative estimate of drug-likeness (QED) is 0.815. The Labute approximate surface area is 149 Å². The summed E-state index contributed by atoms with van der Waals surface area (Å²) in [4.78, 5) is 17.1. The van der Waals surface area contributed by atoms with Crippen molar-refractivity contribution in [1.29, 1.82) is 0 Å². The van der Waals surface area contributed by atoms with Crippen molar-refractivity contribution in [1.82, 2.24) is 15.1 Å². The van der Waals surface area contributed by atoms with Gasteiger partial charge >= 0.3 is 0 Å². The van der Waals surface area contributed by atoms with Gasteiger partial charge in [-0.2, -0.15) is 0 Å². The average molecular weight is 351 g/mol. The van der Waals surface area contributed by atoms with Crippen LogP contribution < -0.4 is 4.90 Å². The van der Waals surface area contributed by atoms with Gasteiger partial charge in [0.05, 0.1) is 0 Å². The Bertz CT molecular complexity index is 531. The summed E-state index contributed by atoms with van der Waals surface area (Å²) in [5, 5.41) is 10.3. The lowest BCUT2D eigenvalue weighted by atomic mass is 9.79. The fourth-order valence-corrected chi connectivity index (χ4v) is 4.72. The summed E-state index contributed by atoms with van der Waals surface area (Å²) < 4.78 is 0. The molecule has 1 aliphatic heterocycles. The number of unbranched alkanes of at least 4 members (excludes halogenated alkanes) is 1. The second-order valence-corrected chi connectivity index (χ2v) is 8.44. The summed E-state index contributed by atoms with van der Waals surface area (Å²) in [5.41, 5.74) is 0. The number of carbonyl (C=O) groups is 1. The molecule has 6 heteroatoms. The normalized spacial score (nSPS) is 25.1. The van der Waals surface area contributed by atoms with E-state index in [0.717, 1.165) is 55.1 Å². The summed E-state index contributed by atoms with van der Waals surface area (Å²) in [6.07, 6.45) is 8.69. The zero-order valence-corrected chi connectivity index (χ0v) is 15.9. The van der Waals surface area contributed by atoms with Crippen LogP contribution in [0.25, 0.3) is 0 Å². The van der Waals surface area contributed by atoms with Crippen molar-refractivity contribution in [2.75, 3.05) is 31.1 Å². The van der Waals surface area contributed by atoms with Gasteiger partial charge < -0.3 is 9.80 Å². The number of hydrogen-bond donors (Lipinski definition) is 0. The van der Waals surface area contributed by atoms with Gasteiger partial charge in [-0.05, 0) is 38.5 Å². The van der Waals surface area contributed by atoms with E-state index >= 15 is 0 Å². The first kappa shape index (κ1) is 17.6. The highest BCUT2D eigenvalue weighted by Gasteiger charge is 2.31. The van der Waals surface area contributed by atoms with Crippen molar-refractivity contribution >= 4 is 22.4 Å². The summed E-state index contributed by atoms with van der Waals surface area (Å²) in [6.45, 7) is 7.66. The fourth-order valence-electron chi connectivity index (χ4n) is 3.98. The van der Waals surface area contributed by atoms with E-state index in [9.17, 15) is 4.79 Å². The van der Waals surface area contributed by atoms with Crippen LogP contribution in [-0.4, -0.2) is 47.2 Å². The number of aromatic nitrogens is 2. The van der Waals surface area contributed by atoms with E-state index < -0.39 is 0 Å². The van der Waals surface area contributed by atoms with E-state index in [-0.39, 0.29) is 5.92 Å². The van der Waals surface area contributed by atoms with E-state index in [1.54, 1.807) is 11.3 Å². The molecule has 2 aliphatic rings.